The summed E-state index contributed by atoms with van der Waals surface area (Å²) in [5, 5.41) is 0. The van der Waals surface area contributed by atoms with Crippen molar-refractivity contribution in [1.29, 1.82) is 0 Å². The van der Waals surface area contributed by atoms with Crippen LogP contribution in [0.3, 0.4) is 0 Å². The number of hydrogen-bond donors (Lipinski definition) is 0. The molecule has 0 aliphatic carbocycles. The molecule has 210 valence electrons. The van der Waals surface area contributed by atoms with Crippen molar-refractivity contribution >= 4 is 91.6 Å². The first-order valence-electron chi connectivity index (χ1n) is 13.0. The maximum Gasteiger partial charge on any atom is 0.344 e. The number of fused-ring (bicyclic) bond motifs is 1. The molecule has 8 heterocycles. The van der Waals surface area contributed by atoms with E-state index in [1.165, 1.54) is 39.3 Å². The normalized spacial score (nSPS) is 16.6. The van der Waals surface area contributed by atoms with Crippen molar-refractivity contribution in [2.45, 2.75) is 13.8 Å². The van der Waals surface area contributed by atoms with Crippen molar-refractivity contribution < 1.29 is 19.1 Å². The fourth-order valence-corrected chi connectivity index (χ4v) is 9.16. The van der Waals surface area contributed by atoms with Crippen LogP contribution in [0.2, 0.25) is 0 Å². The third-order valence-electron chi connectivity index (χ3n) is 6.90. The fourth-order valence-electron chi connectivity index (χ4n) is 4.85. The summed E-state index contributed by atoms with van der Waals surface area (Å²) < 4.78 is 20.2. The van der Waals surface area contributed by atoms with Gasteiger partial charge in [-0.1, -0.05) is 0 Å². The average Bonchev–Trinajstić information content (AvgIpc) is 3.81. The van der Waals surface area contributed by atoms with Gasteiger partial charge >= 0.3 is 11.9 Å². The second kappa shape index (κ2) is 10.3. The summed E-state index contributed by atoms with van der Waals surface area (Å²) >= 11 is 7.58. The molecular formula is C31H17N3O4S5. The van der Waals surface area contributed by atoms with Crippen LogP contribution in [-0.4, -0.2) is 25.7 Å². The van der Waals surface area contributed by atoms with Gasteiger partial charge in [0.2, 0.25) is 0 Å². The molecule has 2 aliphatic rings. The Bertz CT molecular complexity index is 2220. The van der Waals surface area contributed by atoms with Crippen molar-refractivity contribution in [1.82, 2.24) is 13.7 Å². The summed E-state index contributed by atoms with van der Waals surface area (Å²) in [5.41, 5.74) is 3.88. The van der Waals surface area contributed by atoms with Gasteiger partial charge in [-0.2, -0.15) is 8.75 Å². The predicted molar refractivity (Wildman–Crippen MR) is 174 cm³/mol. The summed E-state index contributed by atoms with van der Waals surface area (Å²) in [5.74, 6) is -0.254. The molecule has 0 amide bonds. The number of carbonyl (C=O) groups excluding carboxylic acids is 2. The van der Waals surface area contributed by atoms with E-state index in [1.54, 1.807) is 34.8 Å². The average molecular weight is 656 g/mol. The minimum Gasteiger partial charge on any atom is -0.421 e. The van der Waals surface area contributed by atoms with Crippen LogP contribution in [0.4, 0.5) is 0 Å². The fraction of sp³-hybridized carbons (Fsp3) is 0.0645. The van der Waals surface area contributed by atoms with Gasteiger partial charge < -0.3 is 9.47 Å². The molecule has 12 heteroatoms. The van der Waals surface area contributed by atoms with Crippen LogP contribution in [0.25, 0.3) is 53.3 Å². The number of nitrogens with zero attached hydrogens (tertiary/aromatic N) is 3. The molecule has 0 aromatic carbocycles. The van der Waals surface area contributed by atoms with Gasteiger partial charge in [-0.25, -0.2) is 9.59 Å². The number of thiophene rings is 4. The monoisotopic (exact) mass is 655 g/mol. The lowest BCUT2D eigenvalue weighted by molar-refractivity contribution is -0.133. The van der Waals surface area contributed by atoms with E-state index in [4.69, 9.17) is 14.5 Å². The number of aryl methyl sites for hydroxylation is 2. The second-order valence-corrected chi connectivity index (χ2v) is 15.0. The molecule has 0 fully saturated rings. The van der Waals surface area contributed by atoms with Crippen LogP contribution < -0.4 is 0 Å². The van der Waals surface area contributed by atoms with E-state index < -0.39 is 11.9 Å². The van der Waals surface area contributed by atoms with Crippen molar-refractivity contribution in [2.75, 3.05) is 0 Å². The number of hydrogen-bond acceptors (Lipinski definition) is 12. The lowest BCUT2D eigenvalue weighted by Gasteiger charge is -2.02. The largest absolute Gasteiger partial charge is 0.421 e. The zero-order valence-electron chi connectivity index (χ0n) is 22.4. The van der Waals surface area contributed by atoms with E-state index in [1.807, 2.05) is 37.4 Å². The van der Waals surface area contributed by atoms with Crippen LogP contribution in [0.15, 0.2) is 78.0 Å². The highest BCUT2D eigenvalue weighted by atomic mass is 32.1. The lowest BCUT2D eigenvalue weighted by Crippen LogP contribution is -2.05. The van der Waals surface area contributed by atoms with E-state index in [9.17, 15) is 9.59 Å². The van der Waals surface area contributed by atoms with Crippen molar-refractivity contribution in [2.24, 2.45) is 0 Å². The van der Waals surface area contributed by atoms with Gasteiger partial charge in [0.05, 0.1) is 37.5 Å². The lowest BCUT2D eigenvalue weighted by atomic mass is 10.1. The van der Waals surface area contributed by atoms with Crippen molar-refractivity contribution in [3.05, 3.63) is 97.5 Å². The first-order valence-corrected chi connectivity index (χ1v) is 17.0. The molecular weight excluding hydrogens is 639 g/mol. The van der Waals surface area contributed by atoms with Gasteiger partial charge in [0.1, 0.15) is 28.2 Å². The van der Waals surface area contributed by atoms with Crippen LogP contribution in [0.5, 0.6) is 0 Å². The van der Waals surface area contributed by atoms with Gasteiger partial charge in [0.25, 0.3) is 0 Å². The number of carbonyl (C=O) groups is 2. The standard InChI is InChI=1S/C31H17N3O4S5/c1-14-3-5-22(39-14)19-11-16(30(35)37-19)17-12-20(38-31(17)36)23-8-10-25(42-23)24-9-7-21(41-24)18-13-32-28(26-6-4-15(2)40-26)29-27(18)33-43-34-29/h3-13H,1-2H3/b17-16+. The Balaban J connectivity index is 1.08. The molecule has 0 radical (unpaired) electrons. The Morgan fingerprint density at radius 2 is 1.09 bits per heavy atom. The van der Waals surface area contributed by atoms with Crippen LogP contribution in [0, 0.1) is 13.8 Å². The first-order chi connectivity index (χ1) is 20.9. The molecule has 0 saturated heterocycles. The smallest absolute Gasteiger partial charge is 0.344 e. The molecule has 6 aromatic heterocycles. The maximum absolute atomic E-state index is 12.8. The number of esters is 2. The number of cyclic esters (lactones) is 2. The highest BCUT2D eigenvalue weighted by molar-refractivity contribution is 7.24. The number of rotatable bonds is 5. The molecule has 7 nitrogen and oxygen atoms in total. The minimum absolute atomic E-state index is 0.200. The van der Waals surface area contributed by atoms with E-state index in [0.717, 1.165) is 56.4 Å². The van der Waals surface area contributed by atoms with Gasteiger partial charge in [0.15, 0.2) is 0 Å². The summed E-state index contributed by atoms with van der Waals surface area (Å²) in [4.78, 5) is 38.4. The Labute approximate surface area is 265 Å². The summed E-state index contributed by atoms with van der Waals surface area (Å²) in [6.07, 6.45) is 5.13. The molecule has 0 atom stereocenters. The maximum atomic E-state index is 12.8. The molecule has 6 aromatic rings. The van der Waals surface area contributed by atoms with Gasteiger partial charge in [-0.3, -0.25) is 4.98 Å². The van der Waals surface area contributed by atoms with Crippen molar-refractivity contribution in [3.8, 4) is 30.8 Å². The van der Waals surface area contributed by atoms with Crippen LogP contribution in [0.1, 0.15) is 19.5 Å². The molecule has 0 N–H and O–H groups in total. The molecule has 0 saturated carbocycles. The summed E-state index contributed by atoms with van der Waals surface area (Å²) in [7, 11) is 0. The number of pyridine rings is 1. The van der Waals surface area contributed by atoms with E-state index in [0.29, 0.717) is 11.5 Å². The third-order valence-corrected chi connectivity index (χ3v) is 11.9. The number of aromatic nitrogens is 3. The minimum atomic E-state index is -0.565. The Hall–Kier alpha value is -4.07. The number of ether oxygens (including phenoxy) is 2. The second-order valence-electron chi connectivity index (χ2n) is 9.75. The quantitative estimate of drug-likeness (QED) is 0.135. The summed E-state index contributed by atoms with van der Waals surface area (Å²) in [6, 6.07) is 16.1. The molecule has 8 rings (SSSR count). The Morgan fingerprint density at radius 3 is 1.72 bits per heavy atom. The van der Waals surface area contributed by atoms with E-state index in [-0.39, 0.29) is 11.1 Å². The molecule has 0 bridgehead atoms. The SMILES string of the molecule is Cc1ccc(C2=C/C(=C3/C=C(c4ccc(-c5ccc(-c6cnc(-c7ccc(C)s7)c7nsnc67)s5)s4)OC3=O)C(=O)O2)s1. The topological polar surface area (TPSA) is 91.3 Å². The predicted octanol–water partition coefficient (Wildman–Crippen LogP) is 8.74. The zero-order valence-corrected chi connectivity index (χ0v) is 26.4. The van der Waals surface area contributed by atoms with Gasteiger partial charge in [0, 0.05) is 36.1 Å². The van der Waals surface area contributed by atoms with Crippen LogP contribution in [-0.2, 0) is 19.1 Å². The Morgan fingerprint density at radius 1 is 0.581 bits per heavy atom. The third kappa shape index (κ3) is 4.62. The molecule has 2 aliphatic heterocycles. The first kappa shape index (κ1) is 26.5. The van der Waals surface area contributed by atoms with Gasteiger partial charge in [-0.15, -0.1) is 45.3 Å². The molecule has 43 heavy (non-hydrogen) atoms. The molecule has 0 spiro atoms. The highest BCUT2D eigenvalue weighted by Crippen LogP contribution is 2.43. The Kier molecular flexibility index (Phi) is 6.35. The van der Waals surface area contributed by atoms with E-state index >= 15 is 0 Å². The van der Waals surface area contributed by atoms with Crippen LogP contribution >= 0.6 is 57.1 Å². The zero-order chi connectivity index (χ0) is 29.2. The van der Waals surface area contributed by atoms with Gasteiger partial charge in [-0.05, 0) is 74.5 Å². The molecule has 0 unspecified atom stereocenters. The summed E-state index contributed by atoms with van der Waals surface area (Å²) in [6.45, 7) is 4.07. The van der Waals surface area contributed by atoms with E-state index in [2.05, 4.69) is 39.9 Å². The highest BCUT2D eigenvalue weighted by Gasteiger charge is 2.33. The van der Waals surface area contributed by atoms with Crippen molar-refractivity contribution in [3.63, 3.8) is 0 Å².